The summed E-state index contributed by atoms with van der Waals surface area (Å²) in [6.07, 6.45) is 5.63. The van der Waals surface area contributed by atoms with Crippen LogP contribution in [0.25, 0.3) is 0 Å². The quantitative estimate of drug-likeness (QED) is 0.731. The molecular formula is C20H26ClN3O3. The summed E-state index contributed by atoms with van der Waals surface area (Å²) in [5.41, 5.74) is 2.47. The first-order valence-corrected chi connectivity index (χ1v) is 9.68. The van der Waals surface area contributed by atoms with Crippen LogP contribution in [-0.2, 0) is 9.53 Å². The van der Waals surface area contributed by atoms with Gasteiger partial charge in [-0.15, -0.1) is 0 Å². The summed E-state index contributed by atoms with van der Waals surface area (Å²) in [6, 6.07) is 5.13. The fourth-order valence-electron chi connectivity index (χ4n) is 3.45. The lowest BCUT2D eigenvalue weighted by Gasteiger charge is -2.25. The first-order chi connectivity index (χ1) is 13.0. The summed E-state index contributed by atoms with van der Waals surface area (Å²) in [6.45, 7) is 0.926. The van der Waals surface area contributed by atoms with Gasteiger partial charge in [0.2, 0.25) is 5.91 Å². The predicted molar refractivity (Wildman–Crippen MR) is 106 cm³/mol. The summed E-state index contributed by atoms with van der Waals surface area (Å²) >= 11 is 6.21. The number of rotatable bonds is 6. The number of anilines is 1. The first kappa shape index (κ1) is 19.7. The zero-order chi connectivity index (χ0) is 19.4. The first-order valence-electron chi connectivity index (χ1n) is 9.30. The van der Waals surface area contributed by atoms with Crippen LogP contribution in [0.5, 0.6) is 0 Å². The van der Waals surface area contributed by atoms with Gasteiger partial charge in [-0.3, -0.25) is 9.59 Å². The number of hydrogen-bond acceptors (Lipinski definition) is 4. The maximum atomic E-state index is 12.6. The van der Waals surface area contributed by atoms with Crippen LogP contribution >= 0.6 is 11.6 Å². The standard InChI is InChI=1S/C20H26ClN3O3/c1-22-14-6-7-17(18(21)9-14)20(26)23-11-15-10-16(27-2)12-24(15)19(25)8-13-4-3-5-13/h6-9,15-16,22H,3-5,10-12H2,1-2H3,(H,23,26)/t15-,16+/m0/s1. The number of methoxy groups -OCH3 is 1. The van der Waals surface area contributed by atoms with E-state index in [1.54, 1.807) is 38.4 Å². The Labute approximate surface area is 164 Å². The van der Waals surface area contributed by atoms with Crippen LogP contribution in [0, 0.1) is 0 Å². The smallest absolute Gasteiger partial charge is 0.252 e. The summed E-state index contributed by atoms with van der Waals surface area (Å²) in [7, 11) is 3.45. The predicted octanol–water partition coefficient (Wildman–Crippen LogP) is 2.84. The molecule has 2 fully saturated rings. The van der Waals surface area contributed by atoms with Gasteiger partial charge in [0.1, 0.15) is 0 Å². The molecule has 1 aliphatic carbocycles. The molecule has 7 heteroatoms. The summed E-state index contributed by atoms with van der Waals surface area (Å²) in [5, 5.41) is 6.29. The van der Waals surface area contributed by atoms with Gasteiger partial charge in [0.25, 0.3) is 5.91 Å². The Morgan fingerprint density at radius 1 is 1.37 bits per heavy atom. The highest BCUT2D eigenvalue weighted by molar-refractivity contribution is 6.34. The van der Waals surface area contributed by atoms with Gasteiger partial charge in [-0.1, -0.05) is 17.2 Å². The van der Waals surface area contributed by atoms with E-state index in [2.05, 4.69) is 10.6 Å². The Kier molecular flexibility index (Phi) is 6.39. The molecule has 1 heterocycles. The highest BCUT2D eigenvalue weighted by atomic mass is 35.5. The van der Waals surface area contributed by atoms with Crippen LogP contribution in [0.3, 0.4) is 0 Å². The van der Waals surface area contributed by atoms with Gasteiger partial charge in [0.05, 0.1) is 22.7 Å². The minimum absolute atomic E-state index is 0.00542. The van der Waals surface area contributed by atoms with Crippen LogP contribution in [0.4, 0.5) is 5.69 Å². The van der Waals surface area contributed by atoms with E-state index >= 15 is 0 Å². The summed E-state index contributed by atoms with van der Waals surface area (Å²) in [4.78, 5) is 26.9. The maximum Gasteiger partial charge on any atom is 0.252 e. The Hall–Kier alpha value is -2.05. The third-order valence-electron chi connectivity index (χ3n) is 5.32. The third-order valence-corrected chi connectivity index (χ3v) is 5.63. The van der Waals surface area contributed by atoms with Gasteiger partial charge in [0, 0.05) is 39.0 Å². The van der Waals surface area contributed by atoms with Gasteiger partial charge >= 0.3 is 0 Å². The average Bonchev–Trinajstić information content (AvgIpc) is 3.06. The number of amides is 2. The molecule has 1 aromatic carbocycles. The Balaban J connectivity index is 1.63. The van der Waals surface area contributed by atoms with E-state index in [1.165, 1.54) is 5.57 Å². The van der Waals surface area contributed by atoms with E-state index in [1.807, 2.05) is 4.90 Å². The summed E-state index contributed by atoms with van der Waals surface area (Å²) in [5.74, 6) is -0.229. The number of allylic oxidation sites excluding steroid dienone is 1. The second kappa shape index (κ2) is 8.76. The largest absolute Gasteiger partial charge is 0.388 e. The van der Waals surface area contributed by atoms with Crippen LogP contribution < -0.4 is 10.6 Å². The monoisotopic (exact) mass is 391 g/mol. The number of likely N-dealkylation sites (tertiary alicyclic amines) is 1. The second-order valence-electron chi connectivity index (χ2n) is 7.05. The van der Waals surface area contributed by atoms with Gasteiger partial charge in [0.15, 0.2) is 0 Å². The lowest BCUT2D eigenvalue weighted by molar-refractivity contribution is -0.127. The van der Waals surface area contributed by atoms with Crippen molar-refractivity contribution in [1.29, 1.82) is 0 Å². The molecule has 27 heavy (non-hydrogen) atoms. The van der Waals surface area contributed by atoms with Gasteiger partial charge in [-0.2, -0.15) is 0 Å². The molecule has 1 saturated carbocycles. The number of nitrogens with zero attached hydrogens (tertiary/aromatic N) is 1. The molecule has 1 saturated heterocycles. The maximum absolute atomic E-state index is 12.6. The minimum Gasteiger partial charge on any atom is -0.388 e. The zero-order valence-electron chi connectivity index (χ0n) is 15.8. The lowest BCUT2D eigenvalue weighted by Crippen LogP contribution is -2.42. The van der Waals surface area contributed by atoms with E-state index < -0.39 is 0 Å². The van der Waals surface area contributed by atoms with Crippen molar-refractivity contribution in [3.8, 4) is 0 Å². The van der Waals surface area contributed by atoms with Crippen molar-refractivity contribution in [2.24, 2.45) is 0 Å². The topological polar surface area (TPSA) is 70.7 Å². The number of carbonyl (C=O) groups is 2. The van der Waals surface area contributed by atoms with E-state index in [-0.39, 0.29) is 24.0 Å². The third kappa shape index (κ3) is 4.62. The van der Waals surface area contributed by atoms with Gasteiger partial charge in [-0.05, 0) is 43.9 Å². The Morgan fingerprint density at radius 3 is 2.74 bits per heavy atom. The van der Waals surface area contributed by atoms with Crippen molar-refractivity contribution in [2.45, 2.75) is 37.8 Å². The van der Waals surface area contributed by atoms with Crippen LogP contribution in [0.15, 0.2) is 29.8 Å². The normalized spacial score (nSPS) is 21.6. The fourth-order valence-corrected chi connectivity index (χ4v) is 3.72. The number of benzene rings is 1. The molecule has 2 N–H and O–H groups in total. The van der Waals surface area contributed by atoms with Crippen molar-refractivity contribution >= 4 is 29.1 Å². The Bertz CT molecular complexity index is 744. The number of carbonyl (C=O) groups excluding carboxylic acids is 2. The van der Waals surface area contributed by atoms with Crippen molar-refractivity contribution < 1.29 is 14.3 Å². The molecule has 0 unspecified atom stereocenters. The average molecular weight is 392 g/mol. The van der Waals surface area contributed by atoms with E-state index in [0.29, 0.717) is 30.1 Å². The lowest BCUT2D eigenvalue weighted by atomic mass is 9.92. The summed E-state index contributed by atoms with van der Waals surface area (Å²) < 4.78 is 5.45. The molecule has 146 valence electrons. The zero-order valence-corrected chi connectivity index (χ0v) is 16.5. The van der Waals surface area contributed by atoms with Crippen molar-refractivity contribution in [3.63, 3.8) is 0 Å². The molecule has 2 atom stereocenters. The molecular weight excluding hydrogens is 366 g/mol. The number of hydrogen-bond donors (Lipinski definition) is 2. The van der Waals surface area contributed by atoms with Crippen molar-refractivity contribution in [1.82, 2.24) is 10.2 Å². The fraction of sp³-hybridized carbons (Fsp3) is 0.500. The van der Waals surface area contributed by atoms with Crippen molar-refractivity contribution in [3.05, 3.63) is 40.4 Å². The molecule has 2 aliphatic rings. The van der Waals surface area contributed by atoms with E-state index in [9.17, 15) is 9.59 Å². The van der Waals surface area contributed by atoms with Crippen LogP contribution in [-0.4, -0.2) is 56.1 Å². The van der Waals surface area contributed by atoms with Gasteiger partial charge < -0.3 is 20.3 Å². The second-order valence-corrected chi connectivity index (χ2v) is 7.46. The minimum atomic E-state index is -0.242. The van der Waals surface area contributed by atoms with E-state index in [0.717, 1.165) is 24.9 Å². The van der Waals surface area contributed by atoms with E-state index in [4.69, 9.17) is 16.3 Å². The van der Waals surface area contributed by atoms with Crippen LogP contribution in [0.2, 0.25) is 5.02 Å². The molecule has 2 amide bonds. The molecule has 1 aliphatic heterocycles. The number of halogens is 1. The molecule has 0 radical (unpaired) electrons. The molecule has 6 nitrogen and oxygen atoms in total. The highest BCUT2D eigenvalue weighted by Gasteiger charge is 2.35. The molecule has 0 bridgehead atoms. The molecule has 0 aromatic heterocycles. The SMILES string of the molecule is CNc1ccc(C(=O)NC[C@@H]2C[C@@H](OC)CN2C(=O)C=C2CCC2)c(Cl)c1. The molecule has 0 spiro atoms. The molecule has 3 rings (SSSR count). The highest BCUT2D eigenvalue weighted by Crippen LogP contribution is 2.27. The van der Waals surface area contributed by atoms with Crippen molar-refractivity contribution in [2.75, 3.05) is 32.6 Å². The Morgan fingerprint density at radius 2 is 2.15 bits per heavy atom. The number of nitrogens with one attached hydrogen (secondary N) is 2. The van der Waals surface area contributed by atoms with Crippen LogP contribution in [0.1, 0.15) is 36.0 Å². The van der Waals surface area contributed by atoms with Gasteiger partial charge in [-0.25, -0.2) is 0 Å². The number of ether oxygens (including phenoxy) is 1. The molecule has 1 aromatic rings.